The number of aromatic nitrogens is 1. The quantitative estimate of drug-likeness (QED) is 0.740. The second-order valence-corrected chi connectivity index (χ2v) is 4.76. The first-order valence-electron chi connectivity index (χ1n) is 6.36. The van der Waals surface area contributed by atoms with Crippen molar-refractivity contribution < 1.29 is 9.13 Å². The Bertz CT molecular complexity index is 747. The Hall–Kier alpha value is -2.49. The van der Waals surface area contributed by atoms with E-state index in [-0.39, 0.29) is 5.82 Å². The minimum Gasteiger partial charge on any atom is -0.487 e. The SMILES string of the molecule is Cn1c(COc2ccc(F)cc2)cc2cc(N)ccc21. The van der Waals surface area contributed by atoms with Gasteiger partial charge in [-0.15, -0.1) is 0 Å². The van der Waals surface area contributed by atoms with Crippen molar-refractivity contribution in [2.75, 3.05) is 5.73 Å². The van der Waals surface area contributed by atoms with Gasteiger partial charge < -0.3 is 15.0 Å². The van der Waals surface area contributed by atoms with Gasteiger partial charge in [-0.3, -0.25) is 0 Å². The molecule has 1 heterocycles. The number of nitrogens with two attached hydrogens (primary N) is 1. The maximum atomic E-state index is 12.8. The summed E-state index contributed by atoms with van der Waals surface area (Å²) < 4.78 is 20.6. The van der Waals surface area contributed by atoms with Gasteiger partial charge in [0.15, 0.2) is 0 Å². The van der Waals surface area contributed by atoms with Crippen LogP contribution in [-0.4, -0.2) is 4.57 Å². The molecule has 0 fully saturated rings. The molecule has 2 aromatic carbocycles. The fourth-order valence-corrected chi connectivity index (χ4v) is 2.25. The fourth-order valence-electron chi connectivity index (χ4n) is 2.25. The zero-order valence-corrected chi connectivity index (χ0v) is 11.1. The number of aryl methyl sites for hydroxylation is 1. The molecule has 0 bridgehead atoms. The summed E-state index contributed by atoms with van der Waals surface area (Å²) in [6.07, 6.45) is 0. The van der Waals surface area contributed by atoms with Gasteiger partial charge in [-0.25, -0.2) is 4.39 Å². The molecule has 0 aliphatic rings. The standard InChI is InChI=1S/C16H15FN2O/c1-19-14(9-11-8-13(18)4-7-16(11)19)10-20-15-5-2-12(17)3-6-15/h2-9H,10,18H2,1H3. The molecule has 20 heavy (non-hydrogen) atoms. The lowest BCUT2D eigenvalue weighted by Crippen LogP contribution is -2.01. The first-order valence-corrected chi connectivity index (χ1v) is 6.36. The van der Waals surface area contributed by atoms with Gasteiger partial charge in [0, 0.05) is 23.6 Å². The van der Waals surface area contributed by atoms with Gasteiger partial charge in [0.05, 0.1) is 5.69 Å². The van der Waals surface area contributed by atoms with Crippen LogP contribution in [0.2, 0.25) is 0 Å². The first-order chi connectivity index (χ1) is 9.63. The summed E-state index contributed by atoms with van der Waals surface area (Å²) in [7, 11) is 1.99. The van der Waals surface area contributed by atoms with Gasteiger partial charge in [0.25, 0.3) is 0 Å². The minimum atomic E-state index is -0.266. The summed E-state index contributed by atoms with van der Waals surface area (Å²) in [5, 5.41) is 1.09. The Morgan fingerprint density at radius 1 is 1.10 bits per heavy atom. The molecule has 1 aromatic heterocycles. The third-order valence-corrected chi connectivity index (χ3v) is 3.37. The van der Waals surface area contributed by atoms with E-state index in [0.29, 0.717) is 12.4 Å². The average Bonchev–Trinajstić information content (AvgIpc) is 2.74. The summed E-state index contributed by atoms with van der Waals surface area (Å²) in [5.74, 6) is 0.383. The molecule has 0 unspecified atom stereocenters. The molecule has 2 N–H and O–H groups in total. The van der Waals surface area contributed by atoms with E-state index >= 15 is 0 Å². The van der Waals surface area contributed by atoms with E-state index in [4.69, 9.17) is 10.5 Å². The molecule has 0 spiro atoms. The van der Waals surface area contributed by atoms with Crippen LogP contribution < -0.4 is 10.5 Å². The highest BCUT2D eigenvalue weighted by Gasteiger charge is 2.06. The van der Waals surface area contributed by atoms with E-state index in [0.717, 1.165) is 22.3 Å². The number of hydrogen-bond acceptors (Lipinski definition) is 2. The van der Waals surface area contributed by atoms with Crippen LogP contribution in [0.3, 0.4) is 0 Å². The summed E-state index contributed by atoms with van der Waals surface area (Å²) in [6.45, 7) is 0.427. The molecule has 4 heteroatoms. The van der Waals surface area contributed by atoms with Crippen molar-refractivity contribution in [3.05, 3.63) is 60.0 Å². The van der Waals surface area contributed by atoms with Gasteiger partial charge in [-0.1, -0.05) is 0 Å². The molecule has 0 amide bonds. The third kappa shape index (κ3) is 2.32. The predicted molar refractivity (Wildman–Crippen MR) is 78.1 cm³/mol. The molecular formula is C16H15FN2O. The maximum absolute atomic E-state index is 12.8. The molecule has 0 radical (unpaired) electrons. The van der Waals surface area contributed by atoms with Gasteiger partial charge >= 0.3 is 0 Å². The Morgan fingerprint density at radius 3 is 2.60 bits per heavy atom. The normalized spacial score (nSPS) is 10.9. The molecule has 0 aliphatic carbocycles. The van der Waals surface area contributed by atoms with E-state index in [1.807, 2.05) is 25.2 Å². The van der Waals surface area contributed by atoms with Crippen LogP contribution in [0.25, 0.3) is 10.9 Å². The zero-order valence-electron chi connectivity index (χ0n) is 11.1. The van der Waals surface area contributed by atoms with Crippen LogP contribution in [0, 0.1) is 5.82 Å². The monoisotopic (exact) mass is 270 g/mol. The highest BCUT2D eigenvalue weighted by molar-refractivity contribution is 5.84. The van der Waals surface area contributed by atoms with E-state index in [1.54, 1.807) is 12.1 Å². The highest BCUT2D eigenvalue weighted by Crippen LogP contribution is 2.22. The Kier molecular flexibility index (Phi) is 3.06. The summed E-state index contributed by atoms with van der Waals surface area (Å²) in [4.78, 5) is 0. The lowest BCUT2D eigenvalue weighted by molar-refractivity contribution is 0.297. The van der Waals surface area contributed by atoms with Crippen LogP contribution in [0.15, 0.2) is 48.5 Å². The van der Waals surface area contributed by atoms with Crippen LogP contribution in [-0.2, 0) is 13.7 Å². The molecule has 102 valence electrons. The van der Waals surface area contributed by atoms with Gasteiger partial charge in [-0.05, 0) is 48.5 Å². The Morgan fingerprint density at radius 2 is 1.85 bits per heavy atom. The molecule has 0 aliphatic heterocycles. The molecule has 3 nitrogen and oxygen atoms in total. The second kappa shape index (κ2) is 4.89. The molecule has 0 saturated heterocycles. The minimum absolute atomic E-state index is 0.266. The maximum Gasteiger partial charge on any atom is 0.128 e. The molecule has 3 aromatic rings. The molecule has 0 saturated carbocycles. The van der Waals surface area contributed by atoms with E-state index in [2.05, 4.69) is 10.6 Å². The topological polar surface area (TPSA) is 40.2 Å². The number of nitrogen functional groups attached to an aromatic ring is 1. The van der Waals surface area contributed by atoms with Crippen molar-refractivity contribution in [2.24, 2.45) is 7.05 Å². The van der Waals surface area contributed by atoms with Gasteiger partial charge in [-0.2, -0.15) is 0 Å². The largest absolute Gasteiger partial charge is 0.487 e. The van der Waals surface area contributed by atoms with Crippen LogP contribution in [0.4, 0.5) is 10.1 Å². The second-order valence-electron chi connectivity index (χ2n) is 4.76. The fraction of sp³-hybridized carbons (Fsp3) is 0.125. The van der Waals surface area contributed by atoms with E-state index in [9.17, 15) is 4.39 Å². The lowest BCUT2D eigenvalue weighted by Gasteiger charge is -2.07. The number of anilines is 1. The van der Waals surface area contributed by atoms with Crippen LogP contribution >= 0.6 is 0 Å². The number of rotatable bonds is 3. The van der Waals surface area contributed by atoms with Crippen molar-refractivity contribution in [3.63, 3.8) is 0 Å². The van der Waals surface area contributed by atoms with Gasteiger partial charge in [0.1, 0.15) is 18.2 Å². The van der Waals surface area contributed by atoms with Crippen molar-refractivity contribution >= 4 is 16.6 Å². The van der Waals surface area contributed by atoms with Crippen LogP contribution in [0.5, 0.6) is 5.75 Å². The van der Waals surface area contributed by atoms with Crippen molar-refractivity contribution in [1.82, 2.24) is 4.57 Å². The summed E-state index contributed by atoms with van der Waals surface area (Å²) in [5.41, 5.74) is 8.68. The lowest BCUT2D eigenvalue weighted by atomic mass is 10.2. The third-order valence-electron chi connectivity index (χ3n) is 3.37. The van der Waals surface area contributed by atoms with Gasteiger partial charge in [0.2, 0.25) is 0 Å². The number of fused-ring (bicyclic) bond motifs is 1. The van der Waals surface area contributed by atoms with Crippen molar-refractivity contribution in [3.8, 4) is 5.75 Å². The average molecular weight is 270 g/mol. The summed E-state index contributed by atoms with van der Waals surface area (Å²) in [6, 6.07) is 13.9. The molecule has 0 atom stereocenters. The number of ether oxygens (including phenoxy) is 1. The smallest absolute Gasteiger partial charge is 0.128 e. The number of benzene rings is 2. The summed E-state index contributed by atoms with van der Waals surface area (Å²) >= 11 is 0. The Balaban J connectivity index is 1.84. The van der Waals surface area contributed by atoms with Crippen LogP contribution in [0.1, 0.15) is 5.69 Å². The predicted octanol–water partition coefficient (Wildman–Crippen LogP) is 3.48. The number of halogens is 1. The van der Waals surface area contributed by atoms with E-state index in [1.165, 1.54) is 12.1 Å². The highest BCUT2D eigenvalue weighted by atomic mass is 19.1. The van der Waals surface area contributed by atoms with E-state index < -0.39 is 0 Å². The first kappa shape index (κ1) is 12.5. The zero-order chi connectivity index (χ0) is 14.1. The number of nitrogens with zero attached hydrogens (tertiary/aromatic N) is 1. The molecule has 3 rings (SSSR count). The molecular weight excluding hydrogens is 255 g/mol. The van der Waals surface area contributed by atoms with Crippen molar-refractivity contribution in [1.29, 1.82) is 0 Å². The number of hydrogen-bond donors (Lipinski definition) is 1. The Labute approximate surface area is 116 Å². The van der Waals surface area contributed by atoms with Crippen molar-refractivity contribution in [2.45, 2.75) is 6.61 Å².